The number of carbonyl (C=O) groups is 2. The number of alkyl halides is 3. The van der Waals surface area contributed by atoms with Crippen molar-refractivity contribution in [2.45, 2.75) is 30.0 Å². The first-order valence-corrected chi connectivity index (χ1v) is 12.7. The maximum absolute atomic E-state index is 12.6. The lowest BCUT2D eigenvalue weighted by Gasteiger charge is -2.15. The van der Waals surface area contributed by atoms with Crippen molar-refractivity contribution in [3.8, 4) is 5.75 Å². The van der Waals surface area contributed by atoms with Crippen molar-refractivity contribution in [2.24, 2.45) is 16.6 Å². The summed E-state index contributed by atoms with van der Waals surface area (Å²) in [5.41, 5.74) is 10.1. The Bertz CT molecular complexity index is 1350. The highest BCUT2D eigenvalue weighted by Gasteiger charge is 2.38. The van der Waals surface area contributed by atoms with Gasteiger partial charge < -0.3 is 31.3 Å². The molecule has 2 aromatic rings. The fraction of sp³-hybridized carbons (Fsp3) is 0.286. The van der Waals surface area contributed by atoms with Crippen LogP contribution < -0.4 is 20.9 Å². The van der Waals surface area contributed by atoms with E-state index in [1.807, 2.05) is 0 Å². The lowest BCUT2D eigenvalue weighted by Crippen LogP contribution is -2.42. The molecule has 0 amide bonds. The second-order valence-electron chi connectivity index (χ2n) is 7.58. The van der Waals surface area contributed by atoms with E-state index in [1.54, 1.807) is 24.3 Å². The van der Waals surface area contributed by atoms with Crippen LogP contribution >= 0.6 is 11.6 Å². The van der Waals surface area contributed by atoms with Gasteiger partial charge in [0.1, 0.15) is 23.4 Å². The van der Waals surface area contributed by atoms with Crippen molar-refractivity contribution in [2.75, 3.05) is 13.2 Å². The zero-order chi connectivity index (χ0) is 31.4. The zero-order valence-corrected chi connectivity index (χ0v) is 22.1. The zero-order valence-electron chi connectivity index (χ0n) is 20.6. The minimum atomic E-state index is -5.08. The first kappa shape index (κ1) is 34.7. The van der Waals surface area contributed by atoms with E-state index >= 15 is 0 Å². The smallest absolute Gasteiger partial charge is 0.490 e. The standard InChI is InChI=1S/C19H22ClN5O8S.C2HF3O2/c20-15-7-6-14(11-17(15)25(28)29)34(30,31)24-16(18(26)27)10-12-2-4-13(5-3-12)32-8-1-9-33-23-19(21)22;3-2(4,5)1(6)7/h2-7,11,16,24H,1,8-10H2,(H,26,27)(H4,21,22,23);(H,6,7)/t16-;/m0./s1. The number of hydrogen-bond donors (Lipinski definition) is 5. The molecule has 20 heteroatoms. The largest absolute Gasteiger partial charge is 0.493 e. The van der Waals surface area contributed by atoms with Gasteiger partial charge in [-0.2, -0.15) is 17.9 Å². The third-order valence-corrected chi connectivity index (χ3v) is 6.23. The molecule has 0 aliphatic rings. The minimum absolute atomic E-state index is 0.184. The normalized spacial score (nSPS) is 11.8. The van der Waals surface area contributed by atoms with E-state index in [-0.39, 0.29) is 24.0 Å². The van der Waals surface area contributed by atoms with Crippen LogP contribution in [0.2, 0.25) is 5.02 Å². The van der Waals surface area contributed by atoms with Crippen molar-refractivity contribution < 1.29 is 55.9 Å². The molecule has 41 heavy (non-hydrogen) atoms. The van der Waals surface area contributed by atoms with Crippen LogP contribution in [0.15, 0.2) is 52.5 Å². The molecule has 0 aliphatic heterocycles. The number of nitro groups is 1. The maximum atomic E-state index is 12.6. The van der Waals surface area contributed by atoms with E-state index in [4.69, 9.17) is 42.5 Å². The van der Waals surface area contributed by atoms with Crippen LogP contribution in [-0.4, -0.2) is 66.9 Å². The Hall–Kier alpha value is -4.36. The van der Waals surface area contributed by atoms with Gasteiger partial charge in [-0.15, -0.1) is 0 Å². The van der Waals surface area contributed by atoms with E-state index in [9.17, 15) is 41.6 Å². The molecule has 226 valence electrons. The summed E-state index contributed by atoms with van der Waals surface area (Å²) in [4.78, 5) is 35.1. The van der Waals surface area contributed by atoms with Crippen molar-refractivity contribution in [1.82, 2.24) is 4.72 Å². The molecule has 0 aliphatic carbocycles. The molecule has 7 N–H and O–H groups in total. The maximum Gasteiger partial charge on any atom is 0.490 e. The molecular formula is C21H23ClF3N5O10S. The van der Waals surface area contributed by atoms with Gasteiger partial charge in [0.2, 0.25) is 16.0 Å². The Morgan fingerprint density at radius 3 is 2.20 bits per heavy atom. The number of sulfonamides is 1. The number of carboxylic acids is 2. The van der Waals surface area contributed by atoms with E-state index in [1.165, 1.54) is 0 Å². The van der Waals surface area contributed by atoms with Crippen LogP contribution in [0.1, 0.15) is 12.0 Å². The number of aliphatic carboxylic acids is 2. The minimum Gasteiger partial charge on any atom is -0.493 e. The molecular weight excluding hydrogens is 607 g/mol. The molecule has 0 saturated carbocycles. The third kappa shape index (κ3) is 12.6. The van der Waals surface area contributed by atoms with Crippen LogP contribution in [0.4, 0.5) is 18.9 Å². The lowest BCUT2D eigenvalue weighted by molar-refractivity contribution is -0.384. The number of carboxylic acid groups (broad SMARTS) is 2. The van der Waals surface area contributed by atoms with Crippen molar-refractivity contribution in [1.29, 1.82) is 0 Å². The topological polar surface area (TPSA) is 247 Å². The van der Waals surface area contributed by atoms with E-state index in [0.29, 0.717) is 24.3 Å². The Balaban J connectivity index is 0.00000106. The summed E-state index contributed by atoms with van der Waals surface area (Å²) >= 11 is 5.70. The van der Waals surface area contributed by atoms with Crippen LogP contribution in [0.3, 0.4) is 0 Å². The number of nitrogens with one attached hydrogen (secondary N) is 1. The summed E-state index contributed by atoms with van der Waals surface area (Å²) < 4.78 is 64.5. The first-order valence-electron chi connectivity index (χ1n) is 10.9. The predicted octanol–water partition coefficient (Wildman–Crippen LogP) is 1.83. The average Bonchev–Trinajstić information content (AvgIpc) is 2.86. The number of oxime groups is 1. The molecule has 2 aromatic carbocycles. The highest BCUT2D eigenvalue weighted by Crippen LogP contribution is 2.27. The number of guanidine groups is 1. The van der Waals surface area contributed by atoms with Gasteiger partial charge in [0.25, 0.3) is 5.69 Å². The summed E-state index contributed by atoms with van der Waals surface area (Å²) in [6.45, 7) is 0.553. The summed E-state index contributed by atoms with van der Waals surface area (Å²) in [5, 5.41) is 30.8. The molecule has 0 bridgehead atoms. The Labute approximate surface area is 234 Å². The second kappa shape index (κ2) is 15.4. The van der Waals surface area contributed by atoms with Gasteiger partial charge in [0.05, 0.1) is 16.4 Å². The number of nitrogens with zero attached hydrogens (tertiary/aromatic N) is 2. The Morgan fingerprint density at radius 2 is 1.71 bits per heavy atom. The predicted molar refractivity (Wildman–Crippen MR) is 136 cm³/mol. The van der Waals surface area contributed by atoms with Crippen molar-refractivity contribution in [3.05, 3.63) is 63.2 Å². The molecule has 0 fully saturated rings. The van der Waals surface area contributed by atoms with Crippen LogP contribution in [0.25, 0.3) is 0 Å². The number of nitrogens with two attached hydrogens (primary N) is 2. The van der Waals surface area contributed by atoms with Gasteiger partial charge in [-0.05, 0) is 41.4 Å². The van der Waals surface area contributed by atoms with Crippen molar-refractivity contribution in [3.63, 3.8) is 0 Å². The number of halogens is 4. The van der Waals surface area contributed by atoms with E-state index in [2.05, 4.69) is 9.88 Å². The fourth-order valence-corrected chi connectivity index (χ4v) is 4.02. The highest BCUT2D eigenvalue weighted by atomic mass is 35.5. The molecule has 0 saturated heterocycles. The van der Waals surface area contributed by atoms with E-state index in [0.717, 1.165) is 18.2 Å². The monoisotopic (exact) mass is 629 g/mol. The lowest BCUT2D eigenvalue weighted by atomic mass is 10.1. The second-order valence-corrected chi connectivity index (χ2v) is 9.71. The van der Waals surface area contributed by atoms with Gasteiger partial charge >= 0.3 is 18.1 Å². The number of ether oxygens (including phenoxy) is 1. The Kier molecular flexibility index (Phi) is 13.0. The molecule has 0 aromatic heterocycles. The highest BCUT2D eigenvalue weighted by molar-refractivity contribution is 7.89. The summed E-state index contributed by atoms with van der Waals surface area (Å²) in [5.74, 6) is -3.86. The van der Waals surface area contributed by atoms with E-state index < -0.39 is 49.7 Å². The number of rotatable bonds is 13. The summed E-state index contributed by atoms with van der Waals surface area (Å²) in [6, 6.07) is 7.70. The van der Waals surface area contributed by atoms with Crippen LogP contribution in [0, 0.1) is 10.1 Å². The SMILES string of the molecule is NC(N)=NOCCCOc1ccc(C[C@H](NS(=O)(=O)c2ccc(Cl)c([N+](=O)[O-])c2)C(=O)O)cc1.O=C(O)C(F)(F)F. The first-order chi connectivity index (χ1) is 18.9. The average molecular weight is 630 g/mol. The number of nitro benzene ring substituents is 1. The molecule has 15 nitrogen and oxygen atoms in total. The van der Waals surface area contributed by atoms with Crippen LogP contribution in [0.5, 0.6) is 5.75 Å². The molecule has 1 atom stereocenters. The van der Waals surface area contributed by atoms with Gasteiger partial charge in [0, 0.05) is 12.5 Å². The van der Waals surface area contributed by atoms with Gasteiger partial charge in [-0.25, -0.2) is 13.2 Å². The fourth-order valence-electron chi connectivity index (χ4n) is 2.63. The number of hydrogen-bond acceptors (Lipinski definition) is 9. The molecule has 0 unspecified atom stereocenters. The van der Waals surface area contributed by atoms with Gasteiger partial charge in [0.15, 0.2) is 0 Å². The van der Waals surface area contributed by atoms with Gasteiger partial charge in [-0.3, -0.25) is 14.9 Å². The Morgan fingerprint density at radius 1 is 1.12 bits per heavy atom. The molecule has 2 rings (SSSR count). The van der Waals surface area contributed by atoms with Gasteiger partial charge in [-0.1, -0.05) is 23.7 Å². The summed E-state index contributed by atoms with van der Waals surface area (Å²) in [7, 11) is -4.39. The summed E-state index contributed by atoms with van der Waals surface area (Å²) in [6.07, 6.45) is -4.76. The molecule has 0 heterocycles. The third-order valence-electron chi connectivity index (χ3n) is 4.44. The molecule has 0 spiro atoms. The van der Waals surface area contributed by atoms with Crippen LogP contribution in [-0.2, 0) is 30.9 Å². The van der Waals surface area contributed by atoms with Crippen molar-refractivity contribution >= 4 is 45.2 Å². The quantitative estimate of drug-likeness (QED) is 0.0700. The number of benzene rings is 2. The molecule has 0 radical (unpaired) electrons.